The van der Waals surface area contributed by atoms with E-state index in [-0.39, 0.29) is 23.1 Å². The largest absolute Gasteiger partial charge is 0.478 e. The van der Waals surface area contributed by atoms with Gasteiger partial charge in [0.25, 0.3) is 0 Å². The molecule has 92 valence electrons. The molecule has 5 heteroatoms. The van der Waals surface area contributed by atoms with Crippen molar-refractivity contribution in [3.63, 3.8) is 0 Å². The Labute approximate surface area is 99.5 Å². The van der Waals surface area contributed by atoms with Gasteiger partial charge in [-0.05, 0) is 18.6 Å². The zero-order valence-electron chi connectivity index (χ0n) is 9.84. The van der Waals surface area contributed by atoms with Crippen LogP contribution >= 0.6 is 0 Å². The fourth-order valence-corrected chi connectivity index (χ4v) is 1.97. The van der Waals surface area contributed by atoms with Crippen LogP contribution in [0, 0.1) is 5.41 Å². The zero-order chi connectivity index (χ0) is 12.6. The van der Waals surface area contributed by atoms with Crippen LogP contribution in [0.1, 0.15) is 30.6 Å². The maximum atomic E-state index is 10.8. The molecule has 2 rings (SSSR count). The second-order valence-electron chi connectivity index (χ2n) is 5.00. The van der Waals surface area contributed by atoms with Gasteiger partial charge in [0.05, 0.1) is 11.7 Å². The van der Waals surface area contributed by atoms with E-state index >= 15 is 0 Å². The van der Waals surface area contributed by atoms with Crippen LogP contribution in [0.25, 0.3) is 0 Å². The number of hydrogen-bond donors (Lipinski definition) is 3. The lowest BCUT2D eigenvalue weighted by Gasteiger charge is -2.49. The summed E-state index contributed by atoms with van der Waals surface area (Å²) < 4.78 is 0. The Hall–Kier alpha value is -1.62. The van der Waals surface area contributed by atoms with Crippen LogP contribution in [0.2, 0.25) is 0 Å². The van der Waals surface area contributed by atoms with Crippen LogP contribution in [0.15, 0.2) is 18.3 Å². The Balaban J connectivity index is 2.10. The van der Waals surface area contributed by atoms with Gasteiger partial charge in [-0.15, -0.1) is 0 Å². The van der Waals surface area contributed by atoms with Gasteiger partial charge in [-0.3, -0.25) is 0 Å². The third-order valence-corrected chi connectivity index (χ3v) is 3.54. The number of hydrogen-bond acceptors (Lipinski definition) is 4. The fourth-order valence-electron chi connectivity index (χ4n) is 1.97. The predicted molar refractivity (Wildman–Crippen MR) is 63.0 cm³/mol. The monoisotopic (exact) mass is 236 g/mol. The van der Waals surface area contributed by atoms with Crippen LogP contribution in [0.5, 0.6) is 0 Å². The number of aliphatic hydroxyl groups is 1. The maximum absolute atomic E-state index is 10.8. The molecule has 5 nitrogen and oxygen atoms in total. The minimum atomic E-state index is -0.969. The van der Waals surface area contributed by atoms with Crippen molar-refractivity contribution in [1.29, 1.82) is 0 Å². The molecule has 2 atom stereocenters. The molecule has 0 saturated heterocycles. The first-order valence-electron chi connectivity index (χ1n) is 5.55. The van der Waals surface area contributed by atoms with Crippen molar-refractivity contribution >= 4 is 11.8 Å². The molecule has 2 unspecified atom stereocenters. The van der Waals surface area contributed by atoms with E-state index in [1.807, 2.05) is 13.8 Å². The second kappa shape index (κ2) is 4.00. The molecule has 0 bridgehead atoms. The maximum Gasteiger partial charge on any atom is 0.335 e. The SMILES string of the molecule is CC1(C)C(O)CC1Nc1cc(C(=O)O)ccn1. The molecule has 1 aromatic heterocycles. The van der Waals surface area contributed by atoms with Crippen molar-refractivity contribution in [1.82, 2.24) is 4.98 Å². The highest BCUT2D eigenvalue weighted by Gasteiger charge is 2.47. The van der Waals surface area contributed by atoms with Crippen LogP contribution in [-0.4, -0.2) is 33.3 Å². The second-order valence-corrected chi connectivity index (χ2v) is 5.00. The van der Waals surface area contributed by atoms with Gasteiger partial charge in [0, 0.05) is 17.7 Å². The molecule has 0 radical (unpaired) electrons. The number of aromatic carboxylic acids is 1. The van der Waals surface area contributed by atoms with Gasteiger partial charge >= 0.3 is 5.97 Å². The van der Waals surface area contributed by atoms with Gasteiger partial charge in [0.1, 0.15) is 5.82 Å². The molecule has 0 aromatic carbocycles. The van der Waals surface area contributed by atoms with Crippen LogP contribution < -0.4 is 5.32 Å². The molecule has 1 aliphatic carbocycles. The third-order valence-electron chi connectivity index (χ3n) is 3.54. The number of aliphatic hydroxyl groups excluding tert-OH is 1. The van der Waals surface area contributed by atoms with Gasteiger partial charge in [-0.1, -0.05) is 13.8 Å². The highest BCUT2D eigenvalue weighted by atomic mass is 16.4. The number of anilines is 1. The van der Waals surface area contributed by atoms with Crippen LogP contribution in [-0.2, 0) is 0 Å². The molecule has 0 amide bonds. The average Bonchev–Trinajstić information content (AvgIpc) is 2.29. The lowest BCUT2D eigenvalue weighted by Crippen LogP contribution is -2.57. The number of pyridine rings is 1. The summed E-state index contributed by atoms with van der Waals surface area (Å²) in [4.78, 5) is 14.9. The van der Waals surface area contributed by atoms with Crippen LogP contribution in [0.3, 0.4) is 0 Å². The van der Waals surface area contributed by atoms with E-state index < -0.39 is 5.97 Å². The van der Waals surface area contributed by atoms with E-state index in [1.54, 1.807) is 0 Å². The third kappa shape index (κ3) is 2.10. The smallest absolute Gasteiger partial charge is 0.335 e. The highest BCUT2D eigenvalue weighted by Crippen LogP contribution is 2.41. The normalized spacial score (nSPS) is 26.1. The topological polar surface area (TPSA) is 82.5 Å². The van der Waals surface area contributed by atoms with Crippen molar-refractivity contribution in [3.05, 3.63) is 23.9 Å². The first-order chi connectivity index (χ1) is 7.91. The Kier molecular flexibility index (Phi) is 2.79. The Morgan fingerprint density at radius 1 is 1.59 bits per heavy atom. The minimum absolute atomic E-state index is 0.119. The Morgan fingerprint density at radius 2 is 2.29 bits per heavy atom. The molecule has 3 N–H and O–H groups in total. The number of aromatic nitrogens is 1. The summed E-state index contributed by atoms with van der Waals surface area (Å²) in [5, 5.41) is 21.6. The summed E-state index contributed by atoms with van der Waals surface area (Å²) in [7, 11) is 0. The predicted octanol–water partition coefficient (Wildman–Crippen LogP) is 1.35. The first kappa shape index (κ1) is 11.9. The quantitative estimate of drug-likeness (QED) is 0.738. The number of nitrogens with one attached hydrogen (secondary N) is 1. The molecule has 0 spiro atoms. The number of carboxylic acid groups (broad SMARTS) is 1. The molecule has 1 aliphatic rings. The summed E-state index contributed by atoms with van der Waals surface area (Å²) in [5.41, 5.74) is 0.00107. The van der Waals surface area contributed by atoms with Crippen LogP contribution in [0.4, 0.5) is 5.82 Å². The standard InChI is InChI=1S/C12H16N2O3/c1-12(2)8(6-9(12)15)14-10-5-7(11(16)17)3-4-13-10/h3-5,8-9,15H,6H2,1-2H3,(H,13,14)(H,16,17). The van der Waals surface area contributed by atoms with Gasteiger partial charge < -0.3 is 15.5 Å². The summed E-state index contributed by atoms with van der Waals surface area (Å²) in [5.74, 6) is -0.432. The molecule has 0 aliphatic heterocycles. The van der Waals surface area contributed by atoms with E-state index in [4.69, 9.17) is 5.11 Å². The lowest BCUT2D eigenvalue weighted by atomic mass is 9.64. The molecule has 1 saturated carbocycles. The first-order valence-corrected chi connectivity index (χ1v) is 5.55. The van der Waals surface area contributed by atoms with Gasteiger partial charge in [-0.25, -0.2) is 9.78 Å². The molecular formula is C12H16N2O3. The van der Waals surface area contributed by atoms with Crippen molar-refractivity contribution in [2.75, 3.05) is 5.32 Å². The summed E-state index contributed by atoms with van der Waals surface area (Å²) in [6.07, 6.45) is 1.81. The van der Waals surface area contributed by atoms with Gasteiger partial charge in [0.2, 0.25) is 0 Å². The van der Waals surface area contributed by atoms with Crippen molar-refractivity contribution in [3.8, 4) is 0 Å². The van der Waals surface area contributed by atoms with E-state index in [0.29, 0.717) is 12.2 Å². The molecular weight excluding hydrogens is 220 g/mol. The van der Waals surface area contributed by atoms with Crippen molar-refractivity contribution in [2.24, 2.45) is 5.41 Å². The Bertz CT molecular complexity index is 445. The number of rotatable bonds is 3. The van der Waals surface area contributed by atoms with Crippen molar-refractivity contribution in [2.45, 2.75) is 32.4 Å². The Morgan fingerprint density at radius 3 is 2.82 bits per heavy atom. The summed E-state index contributed by atoms with van der Waals surface area (Å²) >= 11 is 0. The number of carboxylic acids is 1. The number of carbonyl (C=O) groups is 1. The van der Waals surface area contributed by atoms with E-state index in [0.717, 1.165) is 0 Å². The minimum Gasteiger partial charge on any atom is -0.478 e. The van der Waals surface area contributed by atoms with E-state index in [1.165, 1.54) is 18.3 Å². The molecule has 1 fully saturated rings. The number of nitrogens with zero attached hydrogens (tertiary/aromatic N) is 1. The van der Waals surface area contributed by atoms with Gasteiger partial charge in [0.15, 0.2) is 0 Å². The summed E-state index contributed by atoms with van der Waals surface area (Å²) in [6.45, 7) is 3.94. The fraction of sp³-hybridized carbons (Fsp3) is 0.500. The lowest BCUT2D eigenvalue weighted by molar-refractivity contribution is -0.0511. The highest BCUT2D eigenvalue weighted by molar-refractivity contribution is 5.88. The summed E-state index contributed by atoms with van der Waals surface area (Å²) in [6, 6.07) is 3.08. The van der Waals surface area contributed by atoms with Crippen molar-refractivity contribution < 1.29 is 15.0 Å². The molecule has 17 heavy (non-hydrogen) atoms. The van der Waals surface area contributed by atoms with E-state index in [2.05, 4.69) is 10.3 Å². The zero-order valence-corrected chi connectivity index (χ0v) is 9.84. The van der Waals surface area contributed by atoms with Gasteiger partial charge in [-0.2, -0.15) is 0 Å². The average molecular weight is 236 g/mol. The molecule has 1 heterocycles. The molecule has 1 aromatic rings. The van der Waals surface area contributed by atoms with E-state index in [9.17, 15) is 9.90 Å².